The van der Waals surface area contributed by atoms with E-state index in [2.05, 4.69) is 33.9 Å². The molecule has 5 nitrogen and oxygen atoms in total. The van der Waals surface area contributed by atoms with Crippen molar-refractivity contribution in [2.75, 3.05) is 25.5 Å². The minimum absolute atomic E-state index is 0.228. The molecule has 0 aliphatic rings. The number of rotatable bonds is 8. The summed E-state index contributed by atoms with van der Waals surface area (Å²) in [6, 6.07) is 9.48. The fourth-order valence-corrected chi connectivity index (χ4v) is 3.70. The third kappa shape index (κ3) is 4.75. The number of anilines is 1. The van der Waals surface area contributed by atoms with Gasteiger partial charge >= 0.3 is 0 Å². The summed E-state index contributed by atoms with van der Waals surface area (Å²) in [5.74, 6) is 0.644. The minimum atomic E-state index is -0.228. The average molecular weight is 420 g/mol. The summed E-state index contributed by atoms with van der Waals surface area (Å²) in [6.45, 7) is 11.3. The number of halogens is 1. The third-order valence-electron chi connectivity index (χ3n) is 5.36. The van der Waals surface area contributed by atoms with Gasteiger partial charge in [0.25, 0.3) is 0 Å². The number of hydrogen-bond donors (Lipinski definition) is 2. The van der Waals surface area contributed by atoms with Crippen LogP contribution in [0.25, 0.3) is 29.1 Å². The third-order valence-corrected chi connectivity index (χ3v) is 5.36. The van der Waals surface area contributed by atoms with Gasteiger partial charge in [-0.2, -0.15) is 5.10 Å². The van der Waals surface area contributed by atoms with Gasteiger partial charge < -0.3 is 10.2 Å². The highest BCUT2D eigenvalue weighted by Crippen LogP contribution is 2.31. The van der Waals surface area contributed by atoms with Crippen LogP contribution < -0.4 is 10.2 Å². The van der Waals surface area contributed by atoms with Crippen molar-refractivity contribution < 1.29 is 4.39 Å². The van der Waals surface area contributed by atoms with Crippen LogP contribution in [0.3, 0.4) is 0 Å². The number of pyridine rings is 1. The van der Waals surface area contributed by atoms with E-state index in [4.69, 9.17) is 4.98 Å². The van der Waals surface area contributed by atoms with Crippen molar-refractivity contribution in [2.24, 2.45) is 0 Å². The highest BCUT2D eigenvalue weighted by Gasteiger charge is 2.16. The monoisotopic (exact) mass is 419 g/mol. The molecule has 0 fully saturated rings. The number of nitrogens with zero attached hydrogens (tertiary/aromatic N) is 3. The molecule has 2 heterocycles. The van der Waals surface area contributed by atoms with E-state index in [1.54, 1.807) is 12.1 Å². The number of nitrogens with one attached hydrogen (secondary N) is 2. The summed E-state index contributed by atoms with van der Waals surface area (Å²) < 4.78 is 15.0. The van der Waals surface area contributed by atoms with Gasteiger partial charge in [-0.15, -0.1) is 0 Å². The number of aromatic nitrogens is 3. The lowest BCUT2D eigenvalue weighted by molar-refractivity contribution is 0.618. The molecular weight excluding hydrogens is 389 g/mol. The molecule has 31 heavy (non-hydrogen) atoms. The van der Waals surface area contributed by atoms with Crippen LogP contribution in [0.15, 0.2) is 36.9 Å². The quantitative estimate of drug-likeness (QED) is 0.520. The van der Waals surface area contributed by atoms with Gasteiger partial charge in [0, 0.05) is 31.3 Å². The summed E-state index contributed by atoms with van der Waals surface area (Å²) in [5.41, 5.74) is 6.32. The van der Waals surface area contributed by atoms with Crippen molar-refractivity contribution in [3.63, 3.8) is 0 Å². The first kappa shape index (κ1) is 22.4. The molecule has 0 aliphatic carbocycles. The van der Waals surface area contributed by atoms with Gasteiger partial charge in [0.05, 0.1) is 11.4 Å². The highest BCUT2D eigenvalue weighted by atomic mass is 19.1. The molecule has 6 heteroatoms. The maximum absolute atomic E-state index is 15.0. The lowest BCUT2D eigenvalue weighted by Crippen LogP contribution is -2.17. The van der Waals surface area contributed by atoms with Crippen LogP contribution in [0.1, 0.15) is 41.8 Å². The predicted octanol–water partition coefficient (Wildman–Crippen LogP) is 5.30. The zero-order chi connectivity index (χ0) is 22.5. The topological polar surface area (TPSA) is 56.8 Å². The van der Waals surface area contributed by atoms with Crippen molar-refractivity contribution in [3.05, 3.63) is 70.7 Å². The Kier molecular flexibility index (Phi) is 7.02. The molecule has 0 saturated heterocycles. The fourth-order valence-electron chi connectivity index (χ4n) is 3.70. The summed E-state index contributed by atoms with van der Waals surface area (Å²) in [5, 5.41) is 10.6. The molecule has 0 unspecified atom stereocenters. The SMILES string of the molecule is C=Cc1[nH]nc(-c2cccc(N(C)CC)n2)c1/C=C(\C)c1c(C)cc(CNC)cc1F. The second-order valence-corrected chi connectivity index (χ2v) is 7.63. The predicted molar refractivity (Wildman–Crippen MR) is 128 cm³/mol. The maximum Gasteiger partial charge on any atom is 0.131 e. The van der Waals surface area contributed by atoms with Gasteiger partial charge in [-0.1, -0.05) is 18.7 Å². The van der Waals surface area contributed by atoms with E-state index in [1.807, 2.05) is 58.3 Å². The Morgan fingerprint density at radius 2 is 2.10 bits per heavy atom. The summed E-state index contributed by atoms with van der Waals surface area (Å²) in [4.78, 5) is 6.83. The molecule has 0 saturated carbocycles. The molecule has 0 radical (unpaired) electrons. The first-order chi connectivity index (χ1) is 14.9. The number of hydrogen-bond acceptors (Lipinski definition) is 4. The number of allylic oxidation sites excluding steroid dienone is 1. The smallest absolute Gasteiger partial charge is 0.131 e. The lowest BCUT2D eigenvalue weighted by atomic mass is 9.96. The molecular formula is C25H30FN5. The molecule has 0 bridgehead atoms. The fraction of sp³-hybridized carbons (Fsp3) is 0.280. The first-order valence-electron chi connectivity index (χ1n) is 10.4. The number of H-pyrrole nitrogens is 1. The van der Waals surface area contributed by atoms with Crippen molar-refractivity contribution in [3.8, 4) is 11.4 Å². The average Bonchev–Trinajstić information content (AvgIpc) is 3.15. The summed E-state index contributed by atoms with van der Waals surface area (Å²) >= 11 is 0. The van der Waals surface area contributed by atoms with Crippen molar-refractivity contribution in [1.82, 2.24) is 20.5 Å². The molecule has 0 atom stereocenters. The van der Waals surface area contributed by atoms with Crippen LogP contribution in [-0.2, 0) is 6.54 Å². The Morgan fingerprint density at radius 1 is 1.32 bits per heavy atom. The Labute approximate surface area is 183 Å². The normalized spacial score (nSPS) is 11.6. The van der Waals surface area contributed by atoms with E-state index in [0.29, 0.717) is 17.8 Å². The van der Waals surface area contributed by atoms with E-state index in [1.165, 1.54) is 0 Å². The van der Waals surface area contributed by atoms with E-state index in [9.17, 15) is 4.39 Å². The highest BCUT2D eigenvalue weighted by molar-refractivity contribution is 5.88. The Bertz CT molecular complexity index is 1090. The lowest BCUT2D eigenvalue weighted by Gasteiger charge is -2.16. The van der Waals surface area contributed by atoms with Gasteiger partial charge in [0.2, 0.25) is 0 Å². The molecule has 2 N–H and O–H groups in total. The van der Waals surface area contributed by atoms with Crippen molar-refractivity contribution >= 4 is 23.5 Å². The maximum atomic E-state index is 15.0. The van der Waals surface area contributed by atoms with E-state index in [-0.39, 0.29) is 5.82 Å². The van der Waals surface area contributed by atoms with Crippen LogP contribution in [0.5, 0.6) is 0 Å². The largest absolute Gasteiger partial charge is 0.360 e. The van der Waals surface area contributed by atoms with Crippen LogP contribution in [0.4, 0.5) is 10.2 Å². The van der Waals surface area contributed by atoms with Gasteiger partial charge in [-0.05, 0) is 74.9 Å². The first-order valence-corrected chi connectivity index (χ1v) is 10.4. The number of benzene rings is 1. The molecule has 2 aromatic heterocycles. The van der Waals surface area contributed by atoms with E-state index in [0.717, 1.165) is 46.0 Å². The van der Waals surface area contributed by atoms with Gasteiger partial charge in [-0.25, -0.2) is 9.37 Å². The number of aryl methyl sites for hydroxylation is 1. The molecule has 0 amide bonds. The molecule has 3 rings (SSSR count). The van der Waals surface area contributed by atoms with Crippen LogP contribution in [0.2, 0.25) is 0 Å². The van der Waals surface area contributed by atoms with Crippen LogP contribution >= 0.6 is 0 Å². The zero-order valence-corrected chi connectivity index (χ0v) is 18.9. The second-order valence-electron chi connectivity index (χ2n) is 7.63. The molecule has 162 valence electrons. The summed E-state index contributed by atoms with van der Waals surface area (Å²) in [6.07, 6.45) is 3.67. The van der Waals surface area contributed by atoms with Crippen molar-refractivity contribution in [1.29, 1.82) is 0 Å². The Balaban J connectivity index is 2.10. The Morgan fingerprint density at radius 3 is 2.74 bits per heavy atom. The van der Waals surface area contributed by atoms with Gasteiger partial charge in [0.15, 0.2) is 0 Å². The van der Waals surface area contributed by atoms with Gasteiger partial charge in [0.1, 0.15) is 17.3 Å². The van der Waals surface area contributed by atoms with E-state index < -0.39 is 0 Å². The van der Waals surface area contributed by atoms with Gasteiger partial charge in [-0.3, -0.25) is 5.10 Å². The minimum Gasteiger partial charge on any atom is -0.360 e. The zero-order valence-electron chi connectivity index (χ0n) is 18.9. The molecule has 0 aliphatic heterocycles. The van der Waals surface area contributed by atoms with Crippen LogP contribution in [-0.4, -0.2) is 35.8 Å². The summed E-state index contributed by atoms with van der Waals surface area (Å²) in [7, 11) is 3.85. The number of aromatic amines is 1. The molecule has 1 aromatic carbocycles. The van der Waals surface area contributed by atoms with Crippen LogP contribution in [0, 0.1) is 12.7 Å². The molecule has 3 aromatic rings. The second kappa shape index (κ2) is 9.71. The van der Waals surface area contributed by atoms with E-state index >= 15 is 0 Å². The molecule has 0 spiro atoms. The standard InChI is InChI=1S/C25H30FN5/c1-7-21-19(13-17(4)24-16(3)12-18(15-27-5)14-20(24)26)25(30-29-21)22-10-9-11-23(28-22)31(6)8-2/h7,9-14,27H,1,8,15H2,2-6H3,(H,29,30)/b17-13+. The van der Waals surface area contributed by atoms with Crippen molar-refractivity contribution in [2.45, 2.75) is 27.3 Å². The Hall–Kier alpha value is -3.25.